The Labute approximate surface area is 297 Å². The van der Waals surface area contributed by atoms with Crippen LogP contribution in [0.4, 0.5) is 19.7 Å². The van der Waals surface area contributed by atoms with E-state index < -0.39 is 24.3 Å². The molecule has 50 heavy (non-hydrogen) atoms. The second kappa shape index (κ2) is 18.6. The average molecular weight is 700 g/mol. The smallest absolute Gasteiger partial charge is 0.410 e. The number of likely N-dealkylation sites (tertiary alicyclic amines) is 1. The molecule has 2 saturated heterocycles. The number of carbonyl (C=O) groups is 3. The highest BCUT2D eigenvalue weighted by molar-refractivity contribution is 5.74. The zero-order chi connectivity index (χ0) is 36.4. The summed E-state index contributed by atoms with van der Waals surface area (Å²) in [7, 11) is 3.98. The molecule has 0 saturated carbocycles. The first-order valence-corrected chi connectivity index (χ1v) is 18.3. The van der Waals surface area contributed by atoms with Crippen molar-refractivity contribution in [2.45, 2.75) is 90.6 Å². The first-order valence-electron chi connectivity index (χ1n) is 18.3. The van der Waals surface area contributed by atoms with Gasteiger partial charge in [0.05, 0.1) is 12.5 Å². The van der Waals surface area contributed by atoms with Gasteiger partial charge < -0.3 is 39.5 Å². The number of aliphatic hydroxyl groups is 1. The van der Waals surface area contributed by atoms with Crippen LogP contribution in [0.3, 0.4) is 0 Å². The number of nitrogens with one attached hydrogen (secondary N) is 1. The van der Waals surface area contributed by atoms with Gasteiger partial charge in [-0.25, -0.2) is 14.0 Å². The molecule has 3 amide bonds. The Balaban J connectivity index is 1.51. The van der Waals surface area contributed by atoms with Crippen LogP contribution in [-0.2, 0) is 14.3 Å². The van der Waals surface area contributed by atoms with Gasteiger partial charge in [-0.3, -0.25) is 4.79 Å². The Hall–Kier alpha value is -3.64. The largest absolute Gasteiger partial charge is 0.457 e. The molecule has 3 aliphatic heterocycles. The molecule has 0 unspecified atom stereocenters. The summed E-state index contributed by atoms with van der Waals surface area (Å²) in [5, 5.41) is 13.6. The van der Waals surface area contributed by atoms with Crippen LogP contribution in [0.5, 0.6) is 0 Å². The van der Waals surface area contributed by atoms with Crippen LogP contribution in [0.2, 0.25) is 0 Å². The number of aliphatic hydroxyl groups excluding tert-OH is 1. The van der Waals surface area contributed by atoms with E-state index in [1.54, 1.807) is 4.90 Å². The molecule has 278 valence electrons. The Morgan fingerprint density at radius 2 is 1.74 bits per heavy atom. The number of halogens is 1. The third-order valence-corrected chi connectivity index (χ3v) is 10.2. The predicted molar refractivity (Wildman–Crippen MR) is 193 cm³/mol. The van der Waals surface area contributed by atoms with Gasteiger partial charge in [-0.2, -0.15) is 0 Å². The molecule has 2 fully saturated rings. The maximum atomic E-state index is 15.1. The zero-order valence-electron chi connectivity index (χ0n) is 30.8. The SMILES string of the molecule is CCCNC(=O)N1CCC(N(C)c2cc(F)cc(/C=C(\C)[C@H]3OC(=O)C[C@H](O)CC[C@H](C)[C@@H](OC(=O)N4CCN(C)CC4)/C=C\[C@@H]3C)c2)CC1. The first-order chi connectivity index (χ1) is 23.8. The molecule has 3 heterocycles. The van der Waals surface area contributed by atoms with Crippen molar-refractivity contribution < 1.29 is 33.4 Å². The van der Waals surface area contributed by atoms with Crippen molar-refractivity contribution in [3.63, 3.8) is 0 Å². The highest BCUT2D eigenvalue weighted by Gasteiger charge is 2.30. The molecule has 0 bridgehead atoms. The summed E-state index contributed by atoms with van der Waals surface area (Å²) in [6.45, 7) is 12.5. The fourth-order valence-electron chi connectivity index (χ4n) is 6.87. The summed E-state index contributed by atoms with van der Waals surface area (Å²) in [6, 6.07) is 5.00. The highest BCUT2D eigenvalue weighted by atomic mass is 19.1. The lowest BCUT2D eigenvalue weighted by atomic mass is 9.91. The molecule has 11 nitrogen and oxygen atoms in total. The van der Waals surface area contributed by atoms with Crippen LogP contribution in [0, 0.1) is 17.7 Å². The Morgan fingerprint density at radius 1 is 1.04 bits per heavy atom. The van der Waals surface area contributed by atoms with Gasteiger partial charge in [0.15, 0.2) is 0 Å². The van der Waals surface area contributed by atoms with Gasteiger partial charge in [0, 0.05) is 70.5 Å². The van der Waals surface area contributed by atoms with E-state index in [-0.39, 0.29) is 42.2 Å². The summed E-state index contributed by atoms with van der Waals surface area (Å²) in [5.41, 5.74) is 2.07. The van der Waals surface area contributed by atoms with Crippen molar-refractivity contribution in [3.8, 4) is 0 Å². The molecule has 0 aromatic heterocycles. The monoisotopic (exact) mass is 699 g/mol. The number of benzene rings is 1. The summed E-state index contributed by atoms with van der Waals surface area (Å²) in [5.74, 6) is -1.27. The summed E-state index contributed by atoms with van der Waals surface area (Å²) in [4.78, 5) is 46.3. The number of esters is 1. The molecule has 2 N–H and O–H groups in total. The van der Waals surface area contributed by atoms with Gasteiger partial charge in [0.25, 0.3) is 0 Å². The normalized spacial score (nSPS) is 27.1. The van der Waals surface area contributed by atoms with Gasteiger partial charge in [-0.15, -0.1) is 0 Å². The van der Waals surface area contributed by atoms with Gasteiger partial charge in [-0.05, 0) is 87.4 Å². The fraction of sp³-hybridized carbons (Fsp3) is 0.658. The van der Waals surface area contributed by atoms with E-state index in [0.717, 1.165) is 38.0 Å². The molecule has 1 aromatic rings. The lowest BCUT2D eigenvalue weighted by Crippen LogP contribution is -2.49. The van der Waals surface area contributed by atoms with Crippen molar-refractivity contribution in [2.24, 2.45) is 11.8 Å². The Bertz CT molecular complexity index is 1360. The topological polar surface area (TPSA) is 115 Å². The molecule has 0 radical (unpaired) electrons. The van der Waals surface area contributed by atoms with Gasteiger partial charge in [0.1, 0.15) is 18.0 Å². The maximum Gasteiger partial charge on any atom is 0.410 e. The molecule has 0 aliphatic carbocycles. The number of carbonyl (C=O) groups excluding carboxylic acids is 3. The van der Waals surface area contributed by atoms with Crippen LogP contribution in [0.25, 0.3) is 6.08 Å². The van der Waals surface area contributed by atoms with Crippen LogP contribution in [-0.4, -0.2) is 122 Å². The summed E-state index contributed by atoms with van der Waals surface area (Å²) >= 11 is 0. The second-order valence-corrected chi connectivity index (χ2v) is 14.4. The minimum absolute atomic E-state index is 0.0377. The number of urea groups is 1. The highest BCUT2D eigenvalue weighted by Crippen LogP contribution is 2.29. The number of hydrogen-bond acceptors (Lipinski definition) is 8. The van der Waals surface area contributed by atoms with Crippen LogP contribution < -0.4 is 10.2 Å². The standard InChI is InChI=1S/C38H58FN5O6/c1-7-14-40-37(47)43-15-12-31(13-16-43)42(6)32-23-29(22-30(39)24-32)21-28(4)36-27(3)9-11-34(26(2)8-10-33(45)25-35(46)50-36)49-38(48)44-19-17-41(5)18-20-44/h9,11,21-24,26-27,31,33-34,36,45H,7-8,10,12-20,25H2,1-6H3,(H,40,47)/b11-9-,28-21+/t26-,27-,33+,34-,36-/m0/s1. The molecule has 12 heteroatoms. The maximum absolute atomic E-state index is 15.1. The average Bonchev–Trinajstić information content (AvgIpc) is 3.09. The number of piperidine rings is 1. The van der Waals surface area contributed by atoms with Crippen molar-refractivity contribution in [2.75, 3.05) is 64.8 Å². The zero-order valence-corrected chi connectivity index (χ0v) is 30.8. The first kappa shape index (κ1) is 39.2. The van der Waals surface area contributed by atoms with Crippen LogP contribution in [0.15, 0.2) is 35.9 Å². The summed E-state index contributed by atoms with van der Waals surface area (Å²) < 4.78 is 27.0. The Kier molecular flexibility index (Phi) is 14.5. The predicted octanol–water partition coefficient (Wildman–Crippen LogP) is 5.29. The van der Waals surface area contributed by atoms with E-state index in [1.807, 2.05) is 71.0 Å². The number of hydrogen-bond donors (Lipinski definition) is 2. The number of nitrogens with zero attached hydrogens (tertiary/aromatic N) is 4. The number of anilines is 1. The van der Waals surface area contributed by atoms with Gasteiger partial charge >= 0.3 is 18.1 Å². The number of cyclic esters (lactones) is 1. The molecular weight excluding hydrogens is 641 g/mol. The van der Waals surface area contributed by atoms with Crippen LogP contribution in [0.1, 0.15) is 71.8 Å². The lowest BCUT2D eigenvalue weighted by Gasteiger charge is -2.38. The van der Waals surface area contributed by atoms with E-state index >= 15 is 4.39 Å². The number of rotatable bonds is 7. The van der Waals surface area contributed by atoms with Crippen molar-refractivity contribution >= 4 is 29.9 Å². The summed E-state index contributed by atoms with van der Waals surface area (Å²) in [6.07, 6.45) is 6.40. The fourth-order valence-corrected chi connectivity index (χ4v) is 6.87. The molecule has 4 rings (SSSR count). The minimum Gasteiger partial charge on any atom is -0.457 e. The number of piperazine rings is 1. The van der Waals surface area contributed by atoms with Crippen molar-refractivity contribution in [1.82, 2.24) is 20.0 Å². The quantitative estimate of drug-likeness (QED) is 0.292. The molecule has 3 aliphatic rings. The van der Waals surface area contributed by atoms with Crippen molar-refractivity contribution in [1.29, 1.82) is 0 Å². The van der Waals surface area contributed by atoms with E-state index in [4.69, 9.17) is 9.47 Å². The van der Waals surface area contributed by atoms with E-state index in [9.17, 15) is 19.5 Å². The van der Waals surface area contributed by atoms with Crippen molar-refractivity contribution in [3.05, 3.63) is 47.3 Å². The Morgan fingerprint density at radius 3 is 2.42 bits per heavy atom. The third kappa shape index (κ3) is 11.2. The molecular formula is C38H58FN5O6. The lowest BCUT2D eigenvalue weighted by molar-refractivity contribution is -0.151. The van der Waals surface area contributed by atoms with Gasteiger partial charge in [-0.1, -0.05) is 32.9 Å². The third-order valence-electron chi connectivity index (χ3n) is 10.2. The minimum atomic E-state index is -0.888. The second-order valence-electron chi connectivity index (χ2n) is 14.4. The van der Waals surface area contributed by atoms with E-state index in [2.05, 4.69) is 15.1 Å². The van der Waals surface area contributed by atoms with E-state index in [0.29, 0.717) is 56.7 Å². The van der Waals surface area contributed by atoms with Crippen LogP contribution >= 0.6 is 0 Å². The molecule has 5 atom stereocenters. The molecule has 0 spiro atoms. The number of amides is 3. The number of likely N-dealkylation sites (N-methyl/N-ethyl adjacent to an activating group) is 1. The van der Waals surface area contributed by atoms with Gasteiger partial charge in [0.2, 0.25) is 0 Å². The number of ether oxygens (including phenoxy) is 2. The molecule has 1 aromatic carbocycles. The van der Waals surface area contributed by atoms with E-state index in [1.165, 1.54) is 12.1 Å².